The number of amides is 1. The van der Waals surface area contributed by atoms with Gasteiger partial charge in [-0.25, -0.2) is 4.98 Å². The number of fused-ring (bicyclic) bond motifs is 1. The van der Waals surface area contributed by atoms with Crippen LogP contribution in [0.5, 0.6) is 5.75 Å². The van der Waals surface area contributed by atoms with Gasteiger partial charge in [0.1, 0.15) is 24.7 Å². The maximum atomic E-state index is 12.9. The van der Waals surface area contributed by atoms with Crippen molar-refractivity contribution >= 4 is 16.9 Å². The molecule has 1 atom stereocenters. The molecule has 206 valence electrons. The van der Waals surface area contributed by atoms with Crippen molar-refractivity contribution in [1.29, 1.82) is 0 Å². The van der Waals surface area contributed by atoms with Gasteiger partial charge in [0.15, 0.2) is 0 Å². The molecule has 1 amide bonds. The fourth-order valence-electron chi connectivity index (χ4n) is 4.65. The monoisotopic (exact) mass is 542 g/mol. The van der Waals surface area contributed by atoms with Crippen molar-refractivity contribution in [2.24, 2.45) is 0 Å². The third-order valence-corrected chi connectivity index (χ3v) is 6.26. The summed E-state index contributed by atoms with van der Waals surface area (Å²) in [5.74, 6) is 0.0388. The molecule has 1 aliphatic rings. The summed E-state index contributed by atoms with van der Waals surface area (Å²) >= 11 is 0. The molecule has 3 aromatic rings. The van der Waals surface area contributed by atoms with Gasteiger partial charge in [0.2, 0.25) is 0 Å². The Kier molecular flexibility index (Phi) is 8.19. The molecule has 1 N–H and O–H groups in total. The van der Waals surface area contributed by atoms with Crippen LogP contribution in [0.15, 0.2) is 42.5 Å². The number of hydrogen-bond donors (Lipinski definition) is 1. The van der Waals surface area contributed by atoms with Crippen LogP contribution in [0.25, 0.3) is 11.0 Å². The van der Waals surface area contributed by atoms with Gasteiger partial charge in [0.05, 0.1) is 17.6 Å². The molecule has 1 fully saturated rings. The average Bonchev–Trinajstić information content (AvgIpc) is 3.46. The first kappa shape index (κ1) is 27.7. The van der Waals surface area contributed by atoms with Crippen molar-refractivity contribution in [3.05, 3.63) is 59.4 Å². The fraction of sp³-hybridized carbons (Fsp3) is 0.462. The van der Waals surface area contributed by atoms with E-state index >= 15 is 0 Å². The third-order valence-electron chi connectivity index (χ3n) is 6.26. The van der Waals surface area contributed by atoms with Crippen molar-refractivity contribution in [2.75, 3.05) is 26.2 Å². The summed E-state index contributed by atoms with van der Waals surface area (Å²) in [7, 11) is 0. The van der Waals surface area contributed by atoms with Crippen LogP contribution in [0, 0.1) is 0 Å². The molecule has 0 saturated carbocycles. The molecular weight excluding hydrogens is 514 g/mol. The molecule has 2 aromatic carbocycles. The van der Waals surface area contributed by atoms with Crippen molar-refractivity contribution in [1.82, 2.24) is 19.8 Å². The Balaban J connectivity index is 1.67. The van der Waals surface area contributed by atoms with Gasteiger partial charge in [-0.15, -0.1) is 0 Å². The largest absolute Gasteiger partial charge is 0.494 e. The van der Waals surface area contributed by atoms with Gasteiger partial charge >= 0.3 is 12.4 Å². The number of nitrogens with one attached hydrogen (secondary N) is 1. The van der Waals surface area contributed by atoms with E-state index in [1.807, 2.05) is 35.8 Å². The molecule has 2 heterocycles. The number of alkyl halides is 6. The molecule has 1 saturated heterocycles. The number of benzene rings is 2. The quantitative estimate of drug-likeness (QED) is 0.371. The summed E-state index contributed by atoms with van der Waals surface area (Å²) < 4.78 is 85.1. The Morgan fingerprint density at radius 2 is 1.76 bits per heavy atom. The smallest absolute Gasteiger partial charge is 0.406 e. The van der Waals surface area contributed by atoms with Crippen molar-refractivity contribution in [2.45, 2.75) is 51.1 Å². The summed E-state index contributed by atoms with van der Waals surface area (Å²) in [5, 5.41) is 3.42. The molecule has 1 unspecified atom stereocenters. The van der Waals surface area contributed by atoms with Gasteiger partial charge < -0.3 is 19.5 Å². The normalized spacial score (nSPS) is 16.2. The Hall–Kier alpha value is -3.28. The highest BCUT2D eigenvalue weighted by Gasteiger charge is 2.40. The Morgan fingerprint density at radius 1 is 1.08 bits per heavy atom. The van der Waals surface area contributed by atoms with E-state index in [1.165, 1.54) is 18.2 Å². The summed E-state index contributed by atoms with van der Waals surface area (Å²) in [4.78, 5) is 17.2. The molecule has 1 aliphatic heterocycles. The van der Waals surface area contributed by atoms with Crippen molar-refractivity contribution in [3.8, 4) is 5.75 Å². The zero-order valence-corrected chi connectivity index (χ0v) is 20.7. The predicted octanol–water partition coefficient (Wildman–Crippen LogP) is 5.34. The van der Waals surface area contributed by atoms with Gasteiger partial charge in [-0.05, 0) is 62.2 Å². The highest BCUT2D eigenvalue weighted by atomic mass is 19.4. The van der Waals surface area contributed by atoms with E-state index in [2.05, 4.69) is 10.3 Å². The first-order chi connectivity index (χ1) is 17.9. The zero-order chi connectivity index (χ0) is 27.5. The third kappa shape index (κ3) is 7.18. The van der Waals surface area contributed by atoms with Gasteiger partial charge in [-0.2, -0.15) is 26.3 Å². The molecule has 0 aliphatic carbocycles. The number of nitrogens with zero attached hydrogens (tertiary/aromatic N) is 3. The number of rotatable bonds is 9. The second-order valence-corrected chi connectivity index (χ2v) is 9.28. The fourth-order valence-corrected chi connectivity index (χ4v) is 4.65. The second-order valence-electron chi connectivity index (χ2n) is 9.28. The number of ether oxygens (including phenoxy) is 1. The van der Waals surface area contributed by atoms with Crippen LogP contribution in [0.3, 0.4) is 0 Å². The Labute approximate surface area is 215 Å². The van der Waals surface area contributed by atoms with Gasteiger partial charge in [0.25, 0.3) is 5.91 Å². The Bertz CT molecular complexity index is 1230. The van der Waals surface area contributed by atoms with Gasteiger partial charge in [-0.3, -0.25) is 4.79 Å². The van der Waals surface area contributed by atoms with Crippen molar-refractivity contribution < 1.29 is 35.9 Å². The minimum absolute atomic E-state index is 0.196. The average molecular weight is 543 g/mol. The van der Waals surface area contributed by atoms with Gasteiger partial charge in [-0.1, -0.05) is 12.1 Å². The van der Waals surface area contributed by atoms with Crippen LogP contribution in [-0.2, 0) is 13.0 Å². The van der Waals surface area contributed by atoms with E-state index in [9.17, 15) is 31.1 Å². The summed E-state index contributed by atoms with van der Waals surface area (Å²) in [6, 6.07) is 11.7. The van der Waals surface area contributed by atoms with Crippen LogP contribution in [-0.4, -0.2) is 65.0 Å². The van der Waals surface area contributed by atoms with E-state index in [1.54, 1.807) is 0 Å². The van der Waals surface area contributed by atoms with E-state index < -0.39 is 31.3 Å². The molecule has 0 bridgehead atoms. The topological polar surface area (TPSA) is 59.4 Å². The lowest BCUT2D eigenvalue weighted by atomic mass is 10.1. The predicted molar refractivity (Wildman–Crippen MR) is 129 cm³/mol. The molecule has 0 radical (unpaired) electrons. The standard InChI is InChI=1S/C26H28F6N4O2/c1-2-38-20-8-5-17(6-9-20)12-23-34-21-13-18(7-10-22(21)36(23)14-19-4-3-11-33-19)24(37)35(15-25(27,28)29)16-26(30,31)32/h5-10,13,19,33H,2-4,11-12,14-16H2,1H3. The minimum Gasteiger partial charge on any atom is -0.494 e. The SMILES string of the molecule is CCOc1ccc(Cc2nc3cc(C(=O)N(CC(F)(F)F)CC(F)(F)F)ccc3n2CC2CCCN2)cc1. The van der Waals surface area contributed by atoms with Crippen molar-refractivity contribution in [3.63, 3.8) is 0 Å². The number of hydrogen-bond acceptors (Lipinski definition) is 4. The Morgan fingerprint density at radius 3 is 2.34 bits per heavy atom. The highest BCUT2D eigenvalue weighted by molar-refractivity contribution is 5.97. The van der Waals surface area contributed by atoms with Crippen LogP contribution >= 0.6 is 0 Å². The summed E-state index contributed by atoms with van der Waals surface area (Å²) in [6.45, 7) is -0.114. The number of aromatic nitrogens is 2. The van der Waals surface area contributed by atoms with Crippen LogP contribution in [0.4, 0.5) is 26.3 Å². The maximum absolute atomic E-state index is 12.9. The zero-order valence-electron chi connectivity index (χ0n) is 20.7. The highest BCUT2D eigenvalue weighted by Crippen LogP contribution is 2.26. The van der Waals surface area contributed by atoms with E-state index in [0.29, 0.717) is 36.4 Å². The maximum Gasteiger partial charge on any atom is 0.406 e. The summed E-state index contributed by atoms with van der Waals surface area (Å²) in [5.41, 5.74) is 1.63. The lowest BCUT2D eigenvalue weighted by molar-refractivity contribution is -0.171. The molecule has 38 heavy (non-hydrogen) atoms. The molecular formula is C26H28F6N4O2. The number of halogens is 6. The first-order valence-electron chi connectivity index (χ1n) is 12.3. The number of imidazole rings is 1. The second kappa shape index (κ2) is 11.2. The van der Waals surface area contributed by atoms with Gasteiger partial charge in [0, 0.05) is 24.6 Å². The molecule has 1 aromatic heterocycles. The van der Waals surface area contributed by atoms with Crippen LogP contribution in [0.1, 0.15) is 41.5 Å². The first-order valence-corrected chi connectivity index (χ1v) is 12.3. The van der Waals surface area contributed by atoms with Crippen LogP contribution < -0.4 is 10.1 Å². The molecule has 12 heteroatoms. The van der Waals surface area contributed by atoms with Crippen LogP contribution in [0.2, 0.25) is 0 Å². The van der Waals surface area contributed by atoms with E-state index in [0.717, 1.165) is 30.7 Å². The van der Waals surface area contributed by atoms with E-state index in [-0.39, 0.29) is 16.5 Å². The molecule has 6 nitrogen and oxygen atoms in total. The van der Waals surface area contributed by atoms with E-state index in [4.69, 9.17) is 4.74 Å². The lowest BCUT2D eigenvalue weighted by Gasteiger charge is -2.25. The molecule has 4 rings (SSSR count). The summed E-state index contributed by atoms with van der Waals surface area (Å²) in [6.07, 6.45) is -7.54. The lowest BCUT2D eigenvalue weighted by Crippen LogP contribution is -2.44. The number of carbonyl (C=O) groups excluding carboxylic acids is 1. The molecule has 0 spiro atoms. The minimum atomic E-state index is -4.98. The number of carbonyl (C=O) groups is 1.